The minimum absolute atomic E-state index is 0.00153. The number of para-hydroxylation sites is 1. The van der Waals surface area contributed by atoms with Gasteiger partial charge in [0.05, 0.1) is 20.2 Å². The molecule has 0 saturated carbocycles. The molecule has 1 aromatic heterocycles. The first-order chi connectivity index (χ1) is 12.5. The van der Waals surface area contributed by atoms with Gasteiger partial charge in [0, 0.05) is 10.9 Å². The maximum Gasteiger partial charge on any atom is 0.275 e. The zero-order chi connectivity index (χ0) is 18.5. The van der Waals surface area contributed by atoms with Crippen LogP contribution in [0.2, 0.25) is 0 Å². The molecule has 0 aliphatic heterocycles. The Morgan fingerprint density at radius 3 is 2.77 bits per heavy atom. The molecule has 1 amide bonds. The lowest BCUT2D eigenvalue weighted by molar-refractivity contribution is -0.885. The van der Waals surface area contributed by atoms with Crippen molar-refractivity contribution in [1.29, 1.82) is 0 Å². The summed E-state index contributed by atoms with van der Waals surface area (Å²) in [5.74, 6) is 1.60. The minimum Gasteiger partial charge on any atom is -0.497 e. The SMILES string of the molecule is COc1cccc(C[NH+](C)CC(=O)N[C@@H](C)c2cc3ccccc3o2)c1. The Bertz CT molecular complexity index is 855. The standard InChI is InChI=1S/C21H24N2O3/c1-15(20-12-17-8-4-5-10-19(17)26-20)22-21(24)14-23(2)13-16-7-6-9-18(11-16)25-3/h4-12,15H,13-14H2,1-3H3,(H,22,24)/p+1/t15-/m0/s1. The number of hydrogen-bond acceptors (Lipinski definition) is 3. The molecule has 0 saturated heterocycles. The van der Waals surface area contributed by atoms with E-state index >= 15 is 0 Å². The van der Waals surface area contributed by atoms with Crippen LogP contribution in [-0.4, -0.2) is 26.6 Å². The van der Waals surface area contributed by atoms with E-state index in [0.29, 0.717) is 6.54 Å². The molecule has 0 fully saturated rings. The Morgan fingerprint density at radius 1 is 1.19 bits per heavy atom. The van der Waals surface area contributed by atoms with Gasteiger partial charge in [-0.15, -0.1) is 0 Å². The van der Waals surface area contributed by atoms with Crippen LogP contribution in [0.4, 0.5) is 0 Å². The van der Waals surface area contributed by atoms with E-state index in [-0.39, 0.29) is 11.9 Å². The second kappa shape index (κ2) is 8.06. The van der Waals surface area contributed by atoms with E-state index < -0.39 is 0 Å². The van der Waals surface area contributed by atoms with Crippen LogP contribution in [0.1, 0.15) is 24.3 Å². The topological polar surface area (TPSA) is 55.9 Å². The third kappa shape index (κ3) is 4.43. The number of benzene rings is 2. The molecule has 0 spiro atoms. The van der Waals surface area contributed by atoms with Crippen LogP contribution in [0.3, 0.4) is 0 Å². The molecule has 1 heterocycles. The summed E-state index contributed by atoms with van der Waals surface area (Å²) in [5, 5.41) is 4.06. The zero-order valence-electron chi connectivity index (χ0n) is 15.4. The van der Waals surface area contributed by atoms with Gasteiger partial charge in [-0.25, -0.2) is 0 Å². The number of ether oxygens (including phenoxy) is 1. The van der Waals surface area contributed by atoms with E-state index in [1.54, 1.807) is 7.11 Å². The number of carbonyl (C=O) groups is 1. The fraction of sp³-hybridized carbons (Fsp3) is 0.286. The Labute approximate surface area is 153 Å². The molecule has 3 aromatic rings. The molecule has 1 unspecified atom stereocenters. The average molecular weight is 353 g/mol. The summed E-state index contributed by atoms with van der Waals surface area (Å²) < 4.78 is 11.1. The second-order valence-electron chi connectivity index (χ2n) is 6.64. The lowest BCUT2D eigenvalue weighted by Gasteiger charge is -2.16. The summed E-state index contributed by atoms with van der Waals surface area (Å²) in [6, 6.07) is 17.6. The fourth-order valence-electron chi connectivity index (χ4n) is 3.05. The Balaban J connectivity index is 1.55. The first kappa shape index (κ1) is 18.0. The predicted octanol–water partition coefficient (Wildman–Crippen LogP) is 2.33. The van der Waals surface area contributed by atoms with Gasteiger partial charge in [-0.05, 0) is 31.2 Å². The third-order valence-corrected chi connectivity index (χ3v) is 4.35. The molecule has 0 aliphatic rings. The van der Waals surface area contributed by atoms with E-state index in [9.17, 15) is 4.79 Å². The molecule has 5 heteroatoms. The number of likely N-dealkylation sites (N-methyl/N-ethyl adjacent to an activating group) is 1. The number of furan rings is 1. The van der Waals surface area contributed by atoms with Gasteiger partial charge in [-0.3, -0.25) is 4.79 Å². The Kier molecular flexibility index (Phi) is 5.58. The number of quaternary nitrogens is 1. The third-order valence-electron chi connectivity index (χ3n) is 4.35. The molecule has 2 aromatic carbocycles. The zero-order valence-corrected chi connectivity index (χ0v) is 15.4. The molecule has 0 aliphatic carbocycles. The summed E-state index contributed by atoms with van der Waals surface area (Å²) in [7, 11) is 3.66. The monoisotopic (exact) mass is 353 g/mol. The first-order valence-corrected chi connectivity index (χ1v) is 8.77. The van der Waals surface area contributed by atoms with Crippen LogP contribution >= 0.6 is 0 Å². The number of fused-ring (bicyclic) bond motifs is 1. The molecule has 2 N–H and O–H groups in total. The molecule has 136 valence electrons. The van der Waals surface area contributed by atoms with Crippen LogP contribution in [0.5, 0.6) is 5.75 Å². The lowest BCUT2D eigenvalue weighted by Crippen LogP contribution is -3.08. The molecule has 0 bridgehead atoms. The smallest absolute Gasteiger partial charge is 0.275 e. The van der Waals surface area contributed by atoms with E-state index in [2.05, 4.69) is 5.32 Å². The van der Waals surface area contributed by atoms with Crippen LogP contribution in [0, 0.1) is 0 Å². The summed E-state index contributed by atoms with van der Waals surface area (Å²) in [4.78, 5) is 13.5. The van der Waals surface area contributed by atoms with Crippen molar-refractivity contribution in [3.05, 3.63) is 65.9 Å². The van der Waals surface area contributed by atoms with Crippen molar-refractivity contribution in [2.24, 2.45) is 0 Å². The summed E-state index contributed by atoms with van der Waals surface area (Å²) in [6.45, 7) is 3.08. The van der Waals surface area contributed by atoms with Crippen molar-refractivity contribution in [3.8, 4) is 5.75 Å². The van der Waals surface area contributed by atoms with Gasteiger partial charge in [0.15, 0.2) is 6.54 Å². The molecular weight excluding hydrogens is 328 g/mol. The van der Waals surface area contributed by atoms with Gasteiger partial charge in [0.1, 0.15) is 23.6 Å². The molecule has 26 heavy (non-hydrogen) atoms. The molecule has 0 radical (unpaired) electrons. The van der Waals surface area contributed by atoms with Crippen molar-refractivity contribution in [1.82, 2.24) is 5.32 Å². The van der Waals surface area contributed by atoms with Crippen molar-refractivity contribution in [2.45, 2.75) is 19.5 Å². The Morgan fingerprint density at radius 2 is 2.00 bits per heavy atom. The van der Waals surface area contributed by atoms with Crippen molar-refractivity contribution in [2.75, 3.05) is 20.7 Å². The predicted molar refractivity (Wildman–Crippen MR) is 101 cm³/mol. The van der Waals surface area contributed by atoms with Gasteiger partial charge >= 0.3 is 0 Å². The number of rotatable bonds is 7. The number of nitrogens with one attached hydrogen (secondary N) is 2. The normalized spacial score (nSPS) is 13.3. The van der Waals surface area contributed by atoms with E-state index in [0.717, 1.165) is 39.5 Å². The van der Waals surface area contributed by atoms with Gasteiger partial charge in [-0.1, -0.05) is 30.3 Å². The van der Waals surface area contributed by atoms with Crippen molar-refractivity contribution >= 4 is 16.9 Å². The number of hydrogen-bond donors (Lipinski definition) is 2. The highest BCUT2D eigenvalue weighted by atomic mass is 16.5. The van der Waals surface area contributed by atoms with Gasteiger partial charge < -0.3 is 19.4 Å². The van der Waals surface area contributed by atoms with Gasteiger partial charge in [-0.2, -0.15) is 0 Å². The van der Waals surface area contributed by atoms with Crippen molar-refractivity contribution in [3.63, 3.8) is 0 Å². The van der Waals surface area contributed by atoms with Crippen molar-refractivity contribution < 1.29 is 18.8 Å². The lowest BCUT2D eigenvalue weighted by atomic mass is 10.2. The summed E-state index contributed by atoms with van der Waals surface area (Å²) in [6.07, 6.45) is 0. The number of carbonyl (C=O) groups excluding carboxylic acids is 1. The average Bonchev–Trinajstić information content (AvgIpc) is 3.06. The molecular formula is C21H25N2O3+. The Hall–Kier alpha value is -2.79. The number of methoxy groups -OCH3 is 1. The molecule has 3 rings (SSSR count). The van der Waals surface area contributed by atoms with E-state index in [1.807, 2.05) is 68.6 Å². The molecule has 5 nitrogen and oxygen atoms in total. The highest BCUT2D eigenvalue weighted by Crippen LogP contribution is 2.23. The minimum atomic E-state index is -0.167. The fourth-order valence-corrected chi connectivity index (χ4v) is 3.05. The largest absolute Gasteiger partial charge is 0.497 e. The highest BCUT2D eigenvalue weighted by molar-refractivity contribution is 5.79. The van der Waals surface area contributed by atoms with E-state index in [4.69, 9.17) is 9.15 Å². The van der Waals surface area contributed by atoms with Gasteiger partial charge in [0.2, 0.25) is 0 Å². The summed E-state index contributed by atoms with van der Waals surface area (Å²) >= 11 is 0. The number of amides is 1. The highest BCUT2D eigenvalue weighted by Gasteiger charge is 2.17. The second-order valence-corrected chi connectivity index (χ2v) is 6.64. The molecule has 2 atom stereocenters. The van der Waals surface area contributed by atoms with Crippen LogP contribution < -0.4 is 15.0 Å². The van der Waals surface area contributed by atoms with Gasteiger partial charge in [0.25, 0.3) is 5.91 Å². The van der Waals surface area contributed by atoms with Crippen LogP contribution in [0.25, 0.3) is 11.0 Å². The maximum atomic E-state index is 12.4. The van der Waals surface area contributed by atoms with Crippen LogP contribution in [0.15, 0.2) is 59.0 Å². The maximum absolute atomic E-state index is 12.4. The first-order valence-electron chi connectivity index (χ1n) is 8.77. The van der Waals surface area contributed by atoms with Crippen LogP contribution in [-0.2, 0) is 11.3 Å². The van der Waals surface area contributed by atoms with E-state index in [1.165, 1.54) is 0 Å². The quantitative estimate of drug-likeness (QED) is 0.685. The summed E-state index contributed by atoms with van der Waals surface area (Å²) in [5.41, 5.74) is 1.98.